The maximum absolute atomic E-state index is 9.69. The molecule has 0 spiro atoms. The number of aliphatic hydroxyl groups is 1. The Hall–Kier alpha value is -3.60. The highest BCUT2D eigenvalue weighted by Gasteiger charge is 2.21. The van der Waals surface area contributed by atoms with Crippen LogP contribution in [-0.4, -0.2) is 58.0 Å². The van der Waals surface area contributed by atoms with E-state index in [0.717, 1.165) is 37.1 Å². The monoisotopic (exact) mass is 407 g/mol. The Bertz CT molecular complexity index is 1150. The van der Waals surface area contributed by atoms with Gasteiger partial charge in [-0.2, -0.15) is 14.8 Å². The van der Waals surface area contributed by atoms with E-state index in [2.05, 4.69) is 35.7 Å². The maximum atomic E-state index is 9.69. The minimum Gasteiger partial charge on any atom is -0.481 e. The fourth-order valence-electron chi connectivity index (χ4n) is 3.63. The standard InChI is InChI=1S/C19H21N9O2/c1-30-17-7-4-14(9-20-17)28-18-16(25-26-28)10-21-19(24-18)23-12-8-22-27(11-12)13-2-5-15(29)6-3-13/h4,7-11,13,15,29H,2-3,5-6H2,1H3,(H,21,23,24)/t13-,15-. The first-order chi connectivity index (χ1) is 14.7. The number of nitrogens with one attached hydrogen (secondary N) is 1. The van der Waals surface area contributed by atoms with Crippen LogP contribution in [0.4, 0.5) is 11.6 Å². The van der Waals surface area contributed by atoms with Gasteiger partial charge < -0.3 is 15.2 Å². The molecule has 1 saturated carbocycles. The van der Waals surface area contributed by atoms with E-state index >= 15 is 0 Å². The van der Waals surface area contributed by atoms with Crippen molar-refractivity contribution in [3.63, 3.8) is 0 Å². The first-order valence-electron chi connectivity index (χ1n) is 9.78. The molecule has 0 bridgehead atoms. The smallest absolute Gasteiger partial charge is 0.229 e. The first-order valence-corrected chi connectivity index (χ1v) is 9.78. The summed E-state index contributed by atoms with van der Waals surface area (Å²) in [5.41, 5.74) is 2.65. The van der Waals surface area contributed by atoms with Crippen molar-refractivity contribution >= 4 is 22.8 Å². The number of methoxy groups -OCH3 is 1. The molecule has 0 radical (unpaired) electrons. The summed E-state index contributed by atoms with van der Waals surface area (Å²) in [6.45, 7) is 0. The molecule has 11 heteroatoms. The van der Waals surface area contributed by atoms with E-state index in [1.54, 1.807) is 36.4 Å². The fraction of sp³-hybridized carbons (Fsp3) is 0.368. The molecular formula is C19H21N9O2. The molecule has 1 aliphatic rings. The molecular weight excluding hydrogens is 386 g/mol. The zero-order valence-corrected chi connectivity index (χ0v) is 16.4. The average molecular weight is 407 g/mol. The second-order valence-electron chi connectivity index (χ2n) is 7.26. The van der Waals surface area contributed by atoms with Crippen molar-refractivity contribution in [2.45, 2.75) is 37.8 Å². The van der Waals surface area contributed by atoms with Crippen LogP contribution in [0, 0.1) is 0 Å². The van der Waals surface area contributed by atoms with Gasteiger partial charge in [-0.3, -0.25) is 4.68 Å². The number of hydrogen-bond donors (Lipinski definition) is 2. The van der Waals surface area contributed by atoms with E-state index in [4.69, 9.17) is 4.74 Å². The summed E-state index contributed by atoms with van der Waals surface area (Å²) in [5.74, 6) is 0.941. The highest BCUT2D eigenvalue weighted by Crippen LogP contribution is 2.29. The van der Waals surface area contributed by atoms with Crippen LogP contribution in [0.2, 0.25) is 0 Å². The molecule has 1 aliphatic carbocycles. The highest BCUT2D eigenvalue weighted by molar-refractivity contribution is 5.72. The molecule has 4 aromatic rings. The van der Waals surface area contributed by atoms with Gasteiger partial charge in [0.25, 0.3) is 0 Å². The van der Waals surface area contributed by atoms with E-state index in [1.807, 2.05) is 16.9 Å². The van der Waals surface area contributed by atoms with Gasteiger partial charge in [0, 0.05) is 12.3 Å². The topological polar surface area (TPSA) is 129 Å². The molecule has 0 atom stereocenters. The molecule has 2 N–H and O–H groups in total. The number of nitrogens with zero attached hydrogens (tertiary/aromatic N) is 8. The van der Waals surface area contributed by atoms with Crippen molar-refractivity contribution < 1.29 is 9.84 Å². The van der Waals surface area contributed by atoms with Gasteiger partial charge in [-0.1, -0.05) is 5.21 Å². The zero-order chi connectivity index (χ0) is 20.5. The minimum absolute atomic E-state index is 0.186. The third-order valence-electron chi connectivity index (χ3n) is 5.26. The third kappa shape index (κ3) is 3.54. The number of pyridine rings is 1. The largest absolute Gasteiger partial charge is 0.481 e. The predicted octanol–water partition coefficient (Wildman–Crippen LogP) is 2.03. The van der Waals surface area contributed by atoms with Gasteiger partial charge in [-0.25, -0.2) is 9.97 Å². The van der Waals surface area contributed by atoms with Gasteiger partial charge in [0.1, 0.15) is 0 Å². The SMILES string of the molecule is COc1ccc(-n2nnc3cnc(Nc4cnn([C@H]5CC[C@H](O)CC5)c4)nc32)cn1. The van der Waals surface area contributed by atoms with Crippen molar-refractivity contribution in [1.82, 2.24) is 39.7 Å². The lowest BCUT2D eigenvalue weighted by molar-refractivity contribution is 0.108. The van der Waals surface area contributed by atoms with Crippen LogP contribution in [0.5, 0.6) is 5.88 Å². The fourth-order valence-corrected chi connectivity index (χ4v) is 3.63. The van der Waals surface area contributed by atoms with Gasteiger partial charge >= 0.3 is 0 Å². The van der Waals surface area contributed by atoms with Crippen LogP contribution in [0.15, 0.2) is 36.9 Å². The number of rotatable bonds is 5. The Kier molecular flexibility index (Phi) is 4.71. The molecule has 154 valence electrons. The van der Waals surface area contributed by atoms with Crippen molar-refractivity contribution in [3.8, 4) is 11.6 Å². The zero-order valence-electron chi connectivity index (χ0n) is 16.4. The average Bonchev–Trinajstić information content (AvgIpc) is 3.41. The lowest BCUT2D eigenvalue weighted by Gasteiger charge is -2.25. The van der Waals surface area contributed by atoms with Crippen LogP contribution in [0.1, 0.15) is 31.7 Å². The molecule has 30 heavy (non-hydrogen) atoms. The van der Waals surface area contributed by atoms with Crippen LogP contribution < -0.4 is 10.1 Å². The molecule has 1 fully saturated rings. The van der Waals surface area contributed by atoms with Crippen molar-refractivity contribution in [2.24, 2.45) is 0 Å². The van der Waals surface area contributed by atoms with Gasteiger partial charge in [0.2, 0.25) is 11.8 Å². The molecule has 5 rings (SSSR count). The molecule has 4 aromatic heterocycles. The number of anilines is 2. The van der Waals surface area contributed by atoms with Gasteiger partial charge in [-0.15, -0.1) is 5.10 Å². The Labute approximate surface area is 171 Å². The summed E-state index contributed by atoms with van der Waals surface area (Å²) in [5, 5.41) is 25.6. The molecule has 4 heterocycles. The van der Waals surface area contributed by atoms with Crippen LogP contribution >= 0.6 is 0 Å². The summed E-state index contributed by atoms with van der Waals surface area (Å²) in [6.07, 6.45) is 10.2. The van der Waals surface area contributed by atoms with Crippen LogP contribution in [-0.2, 0) is 0 Å². The molecule has 0 saturated heterocycles. The van der Waals surface area contributed by atoms with E-state index in [9.17, 15) is 5.11 Å². The second-order valence-corrected chi connectivity index (χ2v) is 7.26. The van der Waals surface area contributed by atoms with E-state index in [-0.39, 0.29) is 6.10 Å². The number of aliphatic hydroxyl groups excluding tert-OH is 1. The van der Waals surface area contributed by atoms with Crippen molar-refractivity contribution in [3.05, 3.63) is 36.9 Å². The predicted molar refractivity (Wildman–Crippen MR) is 108 cm³/mol. The van der Waals surface area contributed by atoms with Crippen molar-refractivity contribution in [1.29, 1.82) is 0 Å². The summed E-state index contributed by atoms with van der Waals surface area (Å²) < 4.78 is 8.65. The number of fused-ring (bicyclic) bond motifs is 1. The lowest BCUT2D eigenvalue weighted by Crippen LogP contribution is -2.21. The summed E-state index contributed by atoms with van der Waals surface area (Å²) >= 11 is 0. The summed E-state index contributed by atoms with van der Waals surface area (Å²) in [6, 6.07) is 3.89. The number of ether oxygens (including phenoxy) is 1. The Morgan fingerprint density at radius 2 is 1.97 bits per heavy atom. The van der Waals surface area contributed by atoms with Crippen LogP contribution in [0.3, 0.4) is 0 Å². The Balaban J connectivity index is 1.37. The van der Waals surface area contributed by atoms with Crippen molar-refractivity contribution in [2.75, 3.05) is 12.4 Å². The second kappa shape index (κ2) is 7.67. The normalized spacial score (nSPS) is 19.1. The highest BCUT2D eigenvalue weighted by atomic mass is 16.5. The lowest BCUT2D eigenvalue weighted by atomic mass is 9.93. The van der Waals surface area contributed by atoms with E-state index < -0.39 is 0 Å². The maximum Gasteiger partial charge on any atom is 0.229 e. The number of hydrogen-bond acceptors (Lipinski definition) is 9. The molecule has 11 nitrogen and oxygen atoms in total. The number of aromatic nitrogens is 8. The van der Waals surface area contributed by atoms with Gasteiger partial charge in [-0.05, 0) is 31.7 Å². The first kappa shape index (κ1) is 18.4. The quantitative estimate of drug-likeness (QED) is 0.510. The summed E-state index contributed by atoms with van der Waals surface area (Å²) in [4.78, 5) is 13.1. The summed E-state index contributed by atoms with van der Waals surface area (Å²) in [7, 11) is 1.57. The van der Waals surface area contributed by atoms with E-state index in [0.29, 0.717) is 29.0 Å². The van der Waals surface area contributed by atoms with Crippen LogP contribution in [0.25, 0.3) is 16.9 Å². The Morgan fingerprint density at radius 3 is 2.73 bits per heavy atom. The van der Waals surface area contributed by atoms with Gasteiger partial charge in [0.15, 0.2) is 11.2 Å². The Morgan fingerprint density at radius 1 is 1.10 bits per heavy atom. The molecule has 0 aliphatic heterocycles. The minimum atomic E-state index is -0.186. The molecule has 0 aromatic carbocycles. The van der Waals surface area contributed by atoms with E-state index in [1.165, 1.54) is 0 Å². The van der Waals surface area contributed by atoms with Gasteiger partial charge in [0.05, 0.1) is 49.2 Å². The third-order valence-corrected chi connectivity index (χ3v) is 5.26. The molecule has 0 amide bonds. The molecule has 0 unspecified atom stereocenters.